The number of nitrogens with one attached hydrogen (secondary N) is 1. The minimum atomic E-state index is -4.22. The first-order valence-electron chi connectivity index (χ1n) is 6.04. The molecule has 1 aliphatic rings. The number of piperidine rings is 1. The third-order valence-electron chi connectivity index (χ3n) is 3.22. The van der Waals surface area contributed by atoms with Gasteiger partial charge in [0.2, 0.25) is 0 Å². The van der Waals surface area contributed by atoms with Gasteiger partial charge in [0, 0.05) is 19.1 Å². The summed E-state index contributed by atoms with van der Waals surface area (Å²) in [5.41, 5.74) is 0. The normalized spacial score (nSPS) is 24.1. The lowest BCUT2D eigenvalue weighted by atomic mass is 9.91. The summed E-state index contributed by atoms with van der Waals surface area (Å²) < 4.78 is 37.6. The lowest BCUT2D eigenvalue weighted by molar-refractivity contribution is -0.187. The summed E-state index contributed by atoms with van der Waals surface area (Å²) >= 11 is 0. The monoisotopic (exact) mass is 282 g/mol. The highest BCUT2D eigenvalue weighted by molar-refractivity contribution is 5.75. The van der Waals surface area contributed by atoms with Gasteiger partial charge in [-0.3, -0.25) is 4.79 Å². The van der Waals surface area contributed by atoms with Gasteiger partial charge in [-0.25, -0.2) is 4.79 Å². The predicted octanol–water partition coefficient (Wildman–Crippen LogP) is 1.83. The van der Waals surface area contributed by atoms with Gasteiger partial charge in [0.15, 0.2) is 0 Å². The molecule has 0 saturated carbocycles. The quantitative estimate of drug-likeness (QED) is 0.829. The van der Waals surface area contributed by atoms with E-state index in [1.54, 1.807) is 6.92 Å². The van der Waals surface area contributed by atoms with Crippen molar-refractivity contribution < 1.29 is 27.9 Å². The van der Waals surface area contributed by atoms with Gasteiger partial charge in [-0.15, -0.1) is 0 Å². The van der Waals surface area contributed by atoms with E-state index in [0.29, 0.717) is 0 Å². The number of amides is 2. The van der Waals surface area contributed by atoms with E-state index in [1.807, 2.05) is 0 Å². The van der Waals surface area contributed by atoms with Crippen LogP contribution in [-0.2, 0) is 4.79 Å². The second-order valence-corrected chi connectivity index (χ2v) is 4.68. The zero-order valence-corrected chi connectivity index (χ0v) is 10.5. The molecular formula is C11H17F3N2O3. The number of carboxylic acid groups (broad SMARTS) is 1. The zero-order chi connectivity index (χ0) is 14.6. The Morgan fingerprint density at radius 1 is 1.42 bits per heavy atom. The first-order chi connectivity index (χ1) is 8.71. The molecule has 0 bridgehead atoms. The highest BCUT2D eigenvalue weighted by atomic mass is 19.4. The van der Waals surface area contributed by atoms with E-state index in [2.05, 4.69) is 5.32 Å². The number of carbonyl (C=O) groups is 2. The number of hydrogen-bond donors (Lipinski definition) is 2. The average molecular weight is 282 g/mol. The van der Waals surface area contributed by atoms with Crippen molar-refractivity contribution in [1.82, 2.24) is 10.2 Å². The number of nitrogens with zero attached hydrogens (tertiary/aromatic N) is 1. The van der Waals surface area contributed by atoms with Gasteiger partial charge in [0.05, 0.1) is 12.3 Å². The fourth-order valence-electron chi connectivity index (χ4n) is 2.15. The molecular weight excluding hydrogens is 265 g/mol. The fraction of sp³-hybridized carbons (Fsp3) is 0.818. The summed E-state index contributed by atoms with van der Waals surface area (Å²) in [7, 11) is 0. The van der Waals surface area contributed by atoms with E-state index in [1.165, 1.54) is 4.90 Å². The van der Waals surface area contributed by atoms with Crippen molar-refractivity contribution in [1.29, 1.82) is 0 Å². The van der Waals surface area contributed by atoms with E-state index in [0.717, 1.165) is 0 Å². The van der Waals surface area contributed by atoms with E-state index < -0.39 is 30.1 Å². The lowest BCUT2D eigenvalue weighted by Crippen LogP contribution is -2.51. The van der Waals surface area contributed by atoms with Crippen LogP contribution >= 0.6 is 0 Å². The molecule has 19 heavy (non-hydrogen) atoms. The van der Waals surface area contributed by atoms with Gasteiger partial charge in [0.25, 0.3) is 0 Å². The Kier molecular flexibility index (Phi) is 5.02. The molecule has 2 N–H and O–H groups in total. The second kappa shape index (κ2) is 6.12. The lowest BCUT2D eigenvalue weighted by Gasteiger charge is -2.38. The Balaban J connectivity index is 2.44. The van der Waals surface area contributed by atoms with Crippen molar-refractivity contribution in [2.45, 2.75) is 38.4 Å². The smallest absolute Gasteiger partial charge is 0.391 e. The molecule has 2 amide bonds. The van der Waals surface area contributed by atoms with Crippen LogP contribution in [0.4, 0.5) is 18.0 Å². The molecule has 1 saturated heterocycles. The first kappa shape index (κ1) is 15.6. The van der Waals surface area contributed by atoms with Crippen molar-refractivity contribution in [3.8, 4) is 0 Å². The van der Waals surface area contributed by atoms with Crippen LogP contribution in [0.25, 0.3) is 0 Å². The molecule has 0 spiro atoms. The van der Waals surface area contributed by atoms with Crippen LogP contribution in [0.1, 0.15) is 26.2 Å². The predicted molar refractivity (Wildman–Crippen MR) is 60.6 cm³/mol. The maximum absolute atomic E-state index is 12.5. The van der Waals surface area contributed by atoms with Gasteiger partial charge in [-0.05, 0) is 19.8 Å². The molecule has 1 rings (SSSR count). The van der Waals surface area contributed by atoms with Gasteiger partial charge >= 0.3 is 18.2 Å². The summed E-state index contributed by atoms with van der Waals surface area (Å²) in [5.74, 6) is -2.41. The van der Waals surface area contributed by atoms with Gasteiger partial charge in [0.1, 0.15) is 0 Å². The standard InChI is InChI=1S/C11H17F3N2O3/c1-7-6-8(11(12,13)14)3-5-16(7)10(19)15-4-2-9(17)18/h7-8H,2-6H2,1H3,(H,15,19)(H,17,18). The number of alkyl halides is 3. The molecule has 110 valence electrons. The molecule has 8 heteroatoms. The summed E-state index contributed by atoms with van der Waals surface area (Å²) in [6.07, 6.45) is -4.66. The van der Waals surface area contributed by atoms with Crippen LogP contribution in [0.15, 0.2) is 0 Å². The van der Waals surface area contributed by atoms with Crippen molar-refractivity contribution in [2.75, 3.05) is 13.1 Å². The summed E-state index contributed by atoms with van der Waals surface area (Å²) in [6.45, 7) is 1.57. The molecule has 0 aromatic carbocycles. The summed E-state index contributed by atoms with van der Waals surface area (Å²) in [4.78, 5) is 23.3. The number of rotatable bonds is 3. The van der Waals surface area contributed by atoms with Crippen LogP contribution in [0, 0.1) is 5.92 Å². The fourth-order valence-corrected chi connectivity index (χ4v) is 2.15. The topological polar surface area (TPSA) is 69.6 Å². The number of hydrogen-bond acceptors (Lipinski definition) is 2. The maximum Gasteiger partial charge on any atom is 0.391 e. The molecule has 0 aliphatic carbocycles. The van der Waals surface area contributed by atoms with Gasteiger partial charge in [-0.1, -0.05) is 0 Å². The van der Waals surface area contributed by atoms with E-state index >= 15 is 0 Å². The molecule has 0 radical (unpaired) electrons. The van der Waals surface area contributed by atoms with Gasteiger partial charge < -0.3 is 15.3 Å². The van der Waals surface area contributed by atoms with E-state index in [9.17, 15) is 22.8 Å². The van der Waals surface area contributed by atoms with Gasteiger partial charge in [-0.2, -0.15) is 13.2 Å². The minimum absolute atomic E-state index is 0.0277. The van der Waals surface area contributed by atoms with Crippen molar-refractivity contribution in [3.63, 3.8) is 0 Å². The third-order valence-corrected chi connectivity index (χ3v) is 3.22. The molecule has 1 fully saturated rings. The van der Waals surface area contributed by atoms with Crippen LogP contribution in [0.2, 0.25) is 0 Å². The maximum atomic E-state index is 12.5. The van der Waals surface area contributed by atoms with Crippen molar-refractivity contribution >= 4 is 12.0 Å². The number of likely N-dealkylation sites (tertiary alicyclic amines) is 1. The van der Waals surface area contributed by atoms with E-state index in [4.69, 9.17) is 5.11 Å². The largest absolute Gasteiger partial charge is 0.481 e. The first-order valence-corrected chi connectivity index (χ1v) is 6.04. The molecule has 1 aliphatic heterocycles. The number of halogens is 3. The highest BCUT2D eigenvalue weighted by Gasteiger charge is 2.44. The van der Waals surface area contributed by atoms with Crippen molar-refractivity contribution in [2.24, 2.45) is 5.92 Å². The molecule has 1 heterocycles. The highest BCUT2D eigenvalue weighted by Crippen LogP contribution is 2.36. The summed E-state index contributed by atoms with van der Waals surface area (Å²) in [6, 6.07) is -1.01. The van der Waals surface area contributed by atoms with Crippen LogP contribution in [-0.4, -0.2) is 47.3 Å². The van der Waals surface area contributed by atoms with Crippen molar-refractivity contribution in [3.05, 3.63) is 0 Å². The third kappa shape index (κ3) is 4.60. The number of aliphatic carboxylic acids is 1. The van der Waals surface area contributed by atoms with Crippen LogP contribution < -0.4 is 5.32 Å². The van der Waals surface area contributed by atoms with Crippen LogP contribution in [0.5, 0.6) is 0 Å². The Morgan fingerprint density at radius 2 is 2.05 bits per heavy atom. The number of carbonyl (C=O) groups excluding carboxylic acids is 1. The molecule has 0 aromatic heterocycles. The zero-order valence-electron chi connectivity index (χ0n) is 10.5. The molecule has 5 nitrogen and oxygen atoms in total. The van der Waals surface area contributed by atoms with Crippen LogP contribution in [0.3, 0.4) is 0 Å². The SMILES string of the molecule is CC1CC(C(F)(F)F)CCN1C(=O)NCCC(=O)O. The Labute approximate surface area is 108 Å². The Bertz CT molecular complexity index is 347. The van der Waals surface area contributed by atoms with E-state index in [-0.39, 0.29) is 32.4 Å². The number of carboxylic acids is 1. The number of urea groups is 1. The molecule has 0 aromatic rings. The Hall–Kier alpha value is -1.47. The second-order valence-electron chi connectivity index (χ2n) is 4.68. The minimum Gasteiger partial charge on any atom is -0.481 e. The molecule has 2 atom stereocenters. The molecule has 2 unspecified atom stereocenters. The average Bonchev–Trinajstić information content (AvgIpc) is 2.26. The Morgan fingerprint density at radius 3 is 2.53 bits per heavy atom. The summed E-state index contributed by atoms with van der Waals surface area (Å²) in [5, 5.41) is 10.8.